The van der Waals surface area contributed by atoms with Crippen molar-refractivity contribution in [3.05, 3.63) is 0 Å². The molecule has 1 heterocycles. The van der Waals surface area contributed by atoms with Crippen LogP contribution in [0.4, 0.5) is 4.79 Å². The van der Waals surface area contributed by atoms with E-state index >= 15 is 0 Å². The van der Waals surface area contributed by atoms with E-state index in [9.17, 15) is 14.7 Å². The highest BCUT2D eigenvalue weighted by molar-refractivity contribution is 5.76. The van der Waals surface area contributed by atoms with Crippen LogP contribution in [0, 0.1) is 5.41 Å². The zero-order chi connectivity index (χ0) is 15.6. The highest BCUT2D eigenvalue weighted by Crippen LogP contribution is 2.33. The van der Waals surface area contributed by atoms with E-state index in [1.807, 2.05) is 39.8 Å². The van der Waals surface area contributed by atoms with Crippen molar-refractivity contribution in [3.63, 3.8) is 0 Å². The molecule has 0 saturated carbocycles. The largest absolute Gasteiger partial charge is 0.481 e. The molecule has 1 aliphatic rings. The van der Waals surface area contributed by atoms with E-state index in [4.69, 9.17) is 4.74 Å². The van der Waals surface area contributed by atoms with Gasteiger partial charge in [-0.1, -0.05) is 0 Å². The van der Waals surface area contributed by atoms with Gasteiger partial charge in [-0.25, -0.2) is 4.79 Å². The van der Waals surface area contributed by atoms with E-state index in [2.05, 4.69) is 0 Å². The third-order valence-corrected chi connectivity index (χ3v) is 3.44. The van der Waals surface area contributed by atoms with E-state index in [1.165, 1.54) is 0 Å². The quantitative estimate of drug-likeness (QED) is 0.854. The van der Waals surface area contributed by atoms with E-state index < -0.39 is 17.0 Å². The summed E-state index contributed by atoms with van der Waals surface area (Å²) in [4.78, 5) is 27.0. The average Bonchev–Trinajstić information content (AvgIpc) is 2.26. The molecule has 0 aromatic carbocycles. The van der Waals surface area contributed by atoms with Gasteiger partial charge in [-0.3, -0.25) is 4.79 Å². The van der Waals surface area contributed by atoms with Crippen molar-refractivity contribution in [2.45, 2.75) is 39.2 Å². The number of hydrogen-bond donors (Lipinski definition) is 1. The van der Waals surface area contributed by atoms with Gasteiger partial charge >= 0.3 is 12.1 Å². The van der Waals surface area contributed by atoms with Crippen molar-refractivity contribution in [1.82, 2.24) is 9.80 Å². The van der Waals surface area contributed by atoms with Gasteiger partial charge in [0.05, 0.1) is 5.41 Å². The molecule has 0 atom stereocenters. The maximum Gasteiger partial charge on any atom is 0.410 e. The van der Waals surface area contributed by atoms with Crippen LogP contribution in [-0.2, 0) is 9.53 Å². The Labute approximate surface area is 120 Å². The monoisotopic (exact) mass is 286 g/mol. The number of ether oxygens (including phenoxy) is 1. The van der Waals surface area contributed by atoms with E-state index in [0.29, 0.717) is 32.5 Å². The molecule has 1 fully saturated rings. The third kappa shape index (κ3) is 4.37. The van der Waals surface area contributed by atoms with Gasteiger partial charge in [0.15, 0.2) is 0 Å². The second-order valence-electron chi connectivity index (χ2n) is 6.79. The lowest BCUT2D eigenvalue weighted by Crippen LogP contribution is -2.51. The fraction of sp³-hybridized carbons (Fsp3) is 0.857. The maximum atomic E-state index is 12.0. The SMILES string of the molecule is CN(C)CC1(C(=O)O)CCN(C(=O)OC(C)(C)C)CC1. The topological polar surface area (TPSA) is 70.1 Å². The smallest absolute Gasteiger partial charge is 0.410 e. The molecule has 0 unspecified atom stereocenters. The van der Waals surface area contributed by atoms with Crippen LogP contribution in [0.25, 0.3) is 0 Å². The van der Waals surface area contributed by atoms with Gasteiger partial charge in [0, 0.05) is 19.6 Å². The zero-order valence-electron chi connectivity index (χ0n) is 13.1. The number of carboxylic acids is 1. The van der Waals surface area contributed by atoms with Gasteiger partial charge in [0.2, 0.25) is 0 Å². The Hall–Kier alpha value is -1.30. The van der Waals surface area contributed by atoms with Crippen molar-refractivity contribution in [3.8, 4) is 0 Å². The number of piperidine rings is 1. The Kier molecular flexibility index (Phi) is 5.02. The second kappa shape index (κ2) is 5.99. The Balaban J connectivity index is 2.65. The van der Waals surface area contributed by atoms with Crippen LogP contribution in [0.15, 0.2) is 0 Å². The predicted octanol–water partition coefficient (Wildman–Crippen LogP) is 1.65. The fourth-order valence-electron chi connectivity index (χ4n) is 2.49. The predicted molar refractivity (Wildman–Crippen MR) is 75.7 cm³/mol. The van der Waals surface area contributed by atoms with Crippen molar-refractivity contribution >= 4 is 12.1 Å². The first kappa shape index (κ1) is 16.8. The molecule has 0 bridgehead atoms. The van der Waals surface area contributed by atoms with Crippen LogP contribution in [-0.4, -0.2) is 66.3 Å². The summed E-state index contributed by atoms with van der Waals surface area (Å²) in [5.41, 5.74) is -1.29. The minimum Gasteiger partial charge on any atom is -0.481 e. The van der Waals surface area contributed by atoms with Crippen LogP contribution >= 0.6 is 0 Å². The molecule has 1 saturated heterocycles. The number of hydrogen-bond acceptors (Lipinski definition) is 4. The van der Waals surface area contributed by atoms with Crippen molar-refractivity contribution < 1.29 is 19.4 Å². The van der Waals surface area contributed by atoms with Gasteiger partial charge in [0.25, 0.3) is 0 Å². The number of aliphatic carboxylic acids is 1. The number of carboxylic acid groups (broad SMARTS) is 1. The summed E-state index contributed by atoms with van der Waals surface area (Å²) < 4.78 is 5.32. The molecule has 1 rings (SSSR count). The molecule has 0 aromatic rings. The summed E-state index contributed by atoms with van der Waals surface area (Å²) in [6.45, 7) is 6.81. The number of carbonyl (C=O) groups excluding carboxylic acids is 1. The van der Waals surface area contributed by atoms with Gasteiger partial charge in [0.1, 0.15) is 5.60 Å². The zero-order valence-corrected chi connectivity index (χ0v) is 13.1. The molecule has 6 nitrogen and oxygen atoms in total. The first-order valence-corrected chi connectivity index (χ1v) is 6.92. The number of likely N-dealkylation sites (tertiary alicyclic amines) is 1. The summed E-state index contributed by atoms with van der Waals surface area (Å²) >= 11 is 0. The van der Waals surface area contributed by atoms with Crippen molar-refractivity contribution in [1.29, 1.82) is 0 Å². The molecule has 1 amide bonds. The first-order chi connectivity index (χ1) is 9.06. The Bertz CT molecular complexity index is 366. The van der Waals surface area contributed by atoms with Gasteiger partial charge in [-0.05, 0) is 47.7 Å². The summed E-state index contributed by atoms with van der Waals surface area (Å²) in [6, 6.07) is 0. The summed E-state index contributed by atoms with van der Waals surface area (Å²) in [6.07, 6.45) is 0.556. The molecular weight excluding hydrogens is 260 g/mol. The van der Waals surface area contributed by atoms with E-state index in [1.54, 1.807) is 4.90 Å². The minimum absolute atomic E-state index is 0.360. The Morgan fingerprint density at radius 1 is 1.25 bits per heavy atom. The van der Waals surface area contributed by atoms with Crippen LogP contribution in [0.2, 0.25) is 0 Å². The lowest BCUT2D eigenvalue weighted by Gasteiger charge is -2.40. The van der Waals surface area contributed by atoms with Crippen LogP contribution in [0.3, 0.4) is 0 Å². The molecular formula is C14H26N2O4. The van der Waals surface area contributed by atoms with Crippen LogP contribution in [0.1, 0.15) is 33.6 Å². The summed E-state index contributed by atoms with van der Waals surface area (Å²) in [5.74, 6) is -0.782. The van der Waals surface area contributed by atoms with E-state index in [0.717, 1.165) is 0 Å². The lowest BCUT2D eigenvalue weighted by atomic mass is 9.78. The first-order valence-electron chi connectivity index (χ1n) is 6.92. The molecule has 20 heavy (non-hydrogen) atoms. The third-order valence-electron chi connectivity index (χ3n) is 3.44. The number of amides is 1. The van der Waals surface area contributed by atoms with E-state index in [-0.39, 0.29) is 6.09 Å². The molecule has 0 aromatic heterocycles. The summed E-state index contributed by atoms with van der Waals surface area (Å²) in [5, 5.41) is 9.49. The van der Waals surface area contributed by atoms with Gasteiger partial charge < -0.3 is 19.6 Å². The Morgan fingerprint density at radius 3 is 2.10 bits per heavy atom. The minimum atomic E-state index is -0.782. The molecule has 0 aliphatic carbocycles. The molecule has 1 N–H and O–H groups in total. The highest BCUT2D eigenvalue weighted by atomic mass is 16.6. The average molecular weight is 286 g/mol. The molecule has 0 spiro atoms. The van der Waals surface area contributed by atoms with Gasteiger partial charge in [-0.2, -0.15) is 0 Å². The molecule has 1 aliphatic heterocycles. The maximum absolute atomic E-state index is 12.0. The number of carbonyl (C=O) groups is 2. The van der Waals surface area contributed by atoms with Crippen LogP contribution in [0.5, 0.6) is 0 Å². The fourth-order valence-corrected chi connectivity index (χ4v) is 2.49. The number of rotatable bonds is 3. The summed E-state index contributed by atoms with van der Waals surface area (Å²) in [7, 11) is 3.73. The Morgan fingerprint density at radius 2 is 1.75 bits per heavy atom. The van der Waals surface area contributed by atoms with Gasteiger partial charge in [-0.15, -0.1) is 0 Å². The standard InChI is InChI=1S/C14H26N2O4/c1-13(2,3)20-12(19)16-8-6-14(7-9-16,11(17)18)10-15(4)5/h6-10H2,1-5H3,(H,17,18). The molecule has 6 heteroatoms. The highest BCUT2D eigenvalue weighted by Gasteiger charge is 2.43. The normalized spacial score (nSPS) is 19.0. The molecule has 0 radical (unpaired) electrons. The molecule has 116 valence electrons. The van der Waals surface area contributed by atoms with Crippen LogP contribution < -0.4 is 0 Å². The second-order valence-corrected chi connectivity index (χ2v) is 6.79. The lowest BCUT2D eigenvalue weighted by molar-refractivity contribution is -0.153. The van der Waals surface area contributed by atoms with Crippen molar-refractivity contribution in [2.24, 2.45) is 5.41 Å². The van der Waals surface area contributed by atoms with Crippen molar-refractivity contribution in [2.75, 3.05) is 33.7 Å². The number of nitrogens with zero attached hydrogens (tertiary/aromatic N) is 2.